The Morgan fingerprint density at radius 2 is 1.87 bits per heavy atom. The van der Waals surface area contributed by atoms with Gasteiger partial charge in [0.05, 0.1) is 17.0 Å². The highest BCUT2D eigenvalue weighted by Crippen LogP contribution is 2.22. The molecular weight excluding hydrogens is 284 g/mol. The molecule has 1 amide bonds. The number of hydrogen-bond donors (Lipinski definition) is 0. The fourth-order valence-corrected chi connectivity index (χ4v) is 3.22. The first-order chi connectivity index (χ1) is 11.0. The van der Waals surface area contributed by atoms with Gasteiger partial charge in [0.15, 0.2) is 0 Å². The van der Waals surface area contributed by atoms with Crippen LogP contribution in [0.2, 0.25) is 0 Å². The molecule has 0 N–H and O–H groups in total. The summed E-state index contributed by atoms with van der Waals surface area (Å²) >= 11 is 0. The van der Waals surface area contributed by atoms with Gasteiger partial charge in [-0.25, -0.2) is 0 Å². The van der Waals surface area contributed by atoms with Crippen LogP contribution in [0.1, 0.15) is 41.4 Å². The SMILES string of the molecule is Cc1ccc(-c2ccc(C(=O)N3CCC[C@@H](C)C3)c(C)n2)cc1. The fraction of sp³-hybridized carbons (Fsp3) is 0.400. The molecule has 1 aliphatic rings. The Morgan fingerprint density at radius 3 is 2.52 bits per heavy atom. The molecule has 0 unspecified atom stereocenters. The highest BCUT2D eigenvalue weighted by molar-refractivity contribution is 5.95. The average molecular weight is 308 g/mol. The van der Waals surface area contributed by atoms with Crippen molar-refractivity contribution in [1.82, 2.24) is 9.88 Å². The number of aromatic nitrogens is 1. The molecule has 1 fully saturated rings. The van der Waals surface area contributed by atoms with E-state index in [1.807, 2.05) is 24.0 Å². The minimum absolute atomic E-state index is 0.122. The summed E-state index contributed by atoms with van der Waals surface area (Å²) in [5.74, 6) is 0.713. The number of carbonyl (C=O) groups excluding carboxylic acids is 1. The minimum atomic E-state index is 0.122. The van der Waals surface area contributed by atoms with E-state index in [9.17, 15) is 4.79 Å². The van der Waals surface area contributed by atoms with Crippen LogP contribution >= 0.6 is 0 Å². The van der Waals surface area contributed by atoms with Crippen LogP contribution in [0.5, 0.6) is 0 Å². The molecule has 2 heterocycles. The summed E-state index contributed by atoms with van der Waals surface area (Å²) in [6, 6.07) is 12.2. The van der Waals surface area contributed by atoms with E-state index < -0.39 is 0 Å². The van der Waals surface area contributed by atoms with Crippen molar-refractivity contribution in [1.29, 1.82) is 0 Å². The molecule has 3 heteroatoms. The van der Waals surface area contributed by atoms with Crippen molar-refractivity contribution >= 4 is 5.91 Å². The normalized spacial score (nSPS) is 18.0. The molecule has 23 heavy (non-hydrogen) atoms. The summed E-state index contributed by atoms with van der Waals surface area (Å²) < 4.78 is 0. The van der Waals surface area contributed by atoms with Crippen LogP contribution in [0.3, 0.4) is 0 Å². The lowest BCUT2D eigenvalue weighted by atomic mass is 9.99. The molecule has 0 aliphatic carbocycles. The molecule has 1 aliphatic heterocycles. The molecule has 1 atom stereocenters. The number of nitrogens with zero attached hydrogens (tertiary/aromatic N) is 2. The maximum Gasteiger partial charge on any atom is 0.255 e. The second kappa shape index (κ2) is 6.53. The molecule has 0 bridgehead atoms. The zero-order valence-corrected chi connectivity index (χ0v) is 14.2. The number of rotatable bonds is 2. The van der Waals surface area contributed by atoms with Gasteiger partial charge in [-0.05, 0) is 44.7 Å². The van der Waals surface area contributed by atoms with Crippen molar-refractivity contribution in [2.75, 3.05) is 13.1 Å². The first-order valence-corrected chi connectivity index (χ1v) is 8.38. The van der Waals surface area contributed by atoms with Gasteiger partial charge in [-0.2, -0.15) is 0 Å². The van der Waals surface area contributed by atoms with Gasteiger partial charge >= 0.3 is 0 Å². The zero-order valence-electron chi connectivity index (χ0n) is 14.2. The average Bonchev–Trinajstić information content (AvgIpc) is 2.55. The summed E-state index contributed by atoms with van der Waals surface area (Å²) in [6.07, 6.45) is 2.31. The summed E-state index contributed by atoms with van der Waals surface area (Å²) in [4.78, 5) is 19.4. The quantitative estimate of drug-likeness (QED) is 0.831. The summed E-state index contributed by atoms with van der Waals surface area (Å²) in [5.41, 5.74) is 4.79. The Bertz CT molecular complexity index is 706. The second-order valence-electron chi connectivity index (χ2n) is 6.69. The third kappa shape index (κ3) is 3.44. The lowest BCUT2D eigenvalue weighted by Crippen LogP contribution is -2.39. The number of amides is 1. The Kier molecular flexibility index (Phi) is 4.46. The van der Waals surface area contributed by atoms with Crippen molar-refractivity contribution in [2.24, 2.45) is 5.92 Å². The Labute approximate surface area is 138 Å². The van der Waals surface area contributed by atoms with Crippen LogP contribution in [-0.2, 0) is 0 Å². The number of hydrogen-bond acceptors (Lipinski definition) is 2. The standard InChI is InChI=1S/C20H24N2O/c1-14-6-8-17(9-7-14)19-11-10-18(16(3)21-19)20(23)22-12-4-5-15(2)13-22/h6-11,15H,4-5,12-13H2,1-3H3/t15-/m1/s1. The first-order valence-electron chi connectivity index (χ1n) is 8.38. The first kappa shape index (κ1) is 15.7. The summed E-state index contributed by atoms with van der Waals surface area (Å²) in [5, 5.41) is 0. The van der Waals surface area contributed by atoms with Gasteiger partial charge < -0.3 is 4.90 Å². The predicted molar refractivity (Wildman–Crippen MR) is 93.4 cm³/mol. The van der Waals surface area contributed by atoms with Crippen LogP contribution in [0.25, 0.3) is 11.3 Å². The number of likely N-dealkylation sites (tertiary alicyclic amines) is 1. The molecule has 1 aromatic carbocycles. The predicted octanol–water partition coefficient (Wildman–Crippen LogP) is 4.24. The molecule has 2 aromatic rings. The molecule has 3 rings (SSSR count). The van der Waals surface area contributed by atoms with E-state index in [2.05, 4.69) is 43.1 Å². The maximum absolute atomic E-state index is 12.7. The van der Waals surface area contributed by atoms with Crippen molar-refractivity contribution in [3.8, 4) is 11.3 Å². The van der Waals surface area contributed by atoms with E-state index in [1.54, 1.807) is 0 Å². The van der Waals surface area contributed by atoms with Crippen LogP contribution in [-0.4, -0.2) is 28.9 Å². The lowest BCUT2D eigenvalue weighted by Gasteiger charge is -2.31. The highest BCUT2D eigenvalue weighted by Gasteiger charge is 2.23. The number of pyridine rings is 1. The number of aryl methyl sites for hydroxylation is 2. The summed E-state index contributed by atoms with van der Waals surface area (Å²) in [7, 11) is 0. The van der Waals surface area contributed by atoms with Crippen molar-refractivity contribution < 1.29 is 4.79 Å². The molecule has 0 spiro atoms. The van der Waals surface area contributed by atoms with Crippen molar-refractivity contribution in [3.05, 3.63) is 53.2 Å². The van der Waals surface area contributed by atoms with E-state index in [0.29, 0.717) is 5.92 Å². The Balaban J connectivity index is 1.84. The van der Waals surface area contributed by atoms with Gasteiger partial charge in [0.2, 0.25) is 0 Å². The topological polar surface area (TPSA) is 33.2 Å². The third-order valence-electron chi connectivity index (χ3n) is 4.61. The van der Waals surface area contributed by atoms with Crippen LogP contribution in [0.15, 0.2) is 36.4 Å². The van der Waals surface area contributed by atoms with Gasteiger partial charge in [-0.3, -0.25) is 9.78 Å². The van der Waals surface area contributed by atoms with E-state index in [1.165, 1.54) is 12.0 Å². The molecule has 1 saturated heterocycles. The fourth-order valence-electron chi connectivity index (χ4n) is 3.22. The molecule has 0 radical (unpaired) electrons. The maximum atomic E-state index is 12.7. The smallest absolute Gasteiger partial charge is 0.255 e. The zero-order chi connectivity index (χ0) is 16.4. The third-order valence-corrected chi connectivity index (χ3v) is 4.61. The van der Waals surface area contributed by atoms with Gasteiger partial charge in [0.25, 0.3) is 5.91 Å². The number of benzene rings is 1. The second-order valence-corrected chi connectivity index (χ2v) is 6.69. The number of piperidine rings is 1. The molecular formula is C20H24N2O. The van der Waals surface area contributed by atoms with Crippen molar-refractivity contribution in [3.63, 3.8) is 0 Å². The van der Waals surface area contributed by atoms with E-state index in [0.717, 1.165) is 42.0 Å². The van der Waals surface area contributed by atoms with Crippen LogP contribution < -0.4 is 0 Å². The summed E-state index contributed by atoms with van der Waals surface area (Å²) in [6.45, 7) is 7.94. The lowest BCUT2D eigenvalue weighted by molar-refractivity contribution is 0.0682. The number of carbonyl (C=O) groups is 1. The van der Waals surface area contributed by atoms with E-state index >= 15 is 0 Å². The Hall–Kier alpha value is -2.16. The Morgan fingerprint density at radius 1 is 1.13 bits per heavy atom. The largest absolute Gasteiger partial charge is 0.338 e. The van der Waals surface area contributed by atoms with Crippen LogP contribution in [0.4, 0.5) is 0 Å². The molecule has 1 aromatic heterocycles. The van der Waals surface area contributed by atoms with Crippen molar-refractivity contribution in [2.45, 2.75) is 33.6 Å². The highest BCUT2D eigenvalue weighted by atomic mass is 16.2. The van der Waals surface area contributed by atoms with E-state index in [-0.39, 0.29) is 5.91 Å². The minimum Gasteiger partial charge on any atom is -0.338 e. The molecule has 0 saturated carbocycles. The van der Waals surface area contributed by atoms with Gasteiger partial charge in [-0.15, -0.1) is 0 Å². The molecule has 120 valence electrons. The van der Waals surface area contributed by atoms with Gasteiger partial charge in [0, 0.05) is 18.7 Å². The van der Waals surface area contributed by atoms with E-state index in [4.69, 9.17) is 0 Å². The monoisotopic (exact) mass is 308 g/mol. The van der Waals surface area contributed by atoms with Gasteiger partial charge in [-0.1, -0.05) is 36.8 Å². The van der Waals surface area contributed by atoms with Gasteiger partial charge in [0.1, 0.15) is 0 Å². The molecule has 3 nitrogen and oxygen atoms in total. The van der Waals surface area contributed by atoms with Crippen LogP contribution in [0, 0.1) is 19.8 Å².